The van der Waals surface area contributed by atoms with E-state index in [1.165, 1.54) is 27.4 Å². The monoisotopic (exact) mass is 464 g/mol. The number of amides is 1. The summed E-state index contributed by atoms with van der Waals surface area (Å²) in [6, 6.07) is 11.3. The van der Waals surface area contributed by atoms with Crippen molar-refractivity contribution in [1.29, 1.82) is 0 Å². The van der Waals surface area contributed by atoms with Crippen LogP contribution < -0.4 is 21.9 Å². The number of furan rings is 1. The van der Waals surface area contributed by atoms with E-state index in [0.29, 0.717) is 18.7 Å². The standard InChI is InChI=1S/C26H32N4O4/c1-5-6-15-29-23(27)22(24(32)28-25(29)33)30(17-20-8-7-16-34-20)21(31)14-11-18-9-12-19(13-10-18)26(2,3)4/h7-14,16H,5-6,15,17,27H2,1-4H3,(H,28,32,33). The van der Waals surface area contributed by atoms with Crippen molar-refractivity contribution >= 4 is 23.5 Å². The van der Waals surface area contributed by atoms with E-state index >= 15 is 0 Å². The van der Waals surface area contributed by atoms with Crippen molar-refractivity contribution in [3.05, 3.63) is 86.5 Å². The summed E-state index contributed by atoms with van der Waals surface area (Å²) in [5.41, 5.74) is 6.90. The molecule has 3 N–H and O–H groups in total. The van der Waals surface area contributed by atoms with Gasteiger partial charge in [0.1, 0.15) is 11.6 Å². The maximum Gasteiger partial charge on any atom is 0.330 e. The van der Waals surface area contributed by atoms with Gasteiger partial charge in [-0.15, -0.1) is 0 Å². The molecule has 0 aliphatic heterocycles. The number of hydrogen-bond donors (Lipinski definition) is 2. The van der Waals surface area contributed by atoms with E-state index in [1.54, 1.807) is 18.2 Å². The molecule has 0 fully saturated rings. The molecule has 0 radical (unpaired) electrons. The summed E-state index contributed by atoms with van der Waals surface area (Å²) < 4.78 is 6.69. The van der Waals surface area contributed by atoms with E-state index in [2.05, 4.69) is 25.8 Å². The number of rotatable bonds is 8. The second-order valence-corrected chi connectivity index (χ2v) is 9.21. The normalized spacial score (nSPS) is 11.8. The van der Waals surface area contributed by atoms with Crippen LogP contribution in [0.25, 0.3) is 6.08 Å². The maximum atomic E-state index is 13.3. The highest BCUT2D eigenvalue weighted by Crippen LogP contribution is 2.23. The number of unbranched alkanes of at least 4 members (excludes halogenated alkanes) is 1. The average molecular weight is 465 g/mol. The number of aromatic amines is 1. The van der Waals surface area contributed by atoms with E-state index in [-0.39, 0.29) is 23.5 Å². The van der Waals surface area contributed by atoms with Gasteiger partial charge < -0.3 is 10.2 Å². The lowest BCUT2D eigenvalue weighted by Gasteiger charge is -2.22. The molecular formula is C26H32N4O4. The first-order valence-electron chi connectivity index (χ1n) is 11.4. The minimum atomic E-state index is -0.724. The van der Waals surface area contributed by atoms with Gasteiger partial charge in [-0.1, -0.05) is 58.4 Å². The highest BCUT2D eigenvalue weighted by atomic mass is 16.3. The summed E-state index contributed by atoms with van der Waals surface area (Å²) in [7, 11) is 0. The number of benzene rings is 1. The molecule has 0 saturated carbocycles. The second-order valence-electron chi connectivity index (χ2n) is 9.21. The maximum absolute atomic E-state index is 13.3. The van der Waals surface area contributed by atoms with Crippen LogP contribution >= 0.6 is 0 Å². The fraction of sp³-hybridized carbons (Fsp3) is 0.346. The molecule has 3 rings (SSSR count). The molecule has 0 saturated heterocycles. The van der Waals surface area contributed by atoms with Crippen LogP contribution in [-0.2, 0) is 23.3 Å². The molecule has 0 atom stereocenters. The van der Waals surface area contributed by atoms with Gasteiger partial charge in [0.05, 0.1) is 12.8 Å². The third kappa shape index (κ3) is 5.75. The third-order valence-electron chi connectivity index (χ3n) is 5.57. The Balaban J connectivity index is 1.99. The fourth-order valence-corrected chi connectivity index (χ4v) is 3.55. The molecule has 1 amide bonds. The predicted molar refractivity (Wildman–Crippen MR) is 135 cm³/mol. The molecule has 180 valence electrons. The largest absolute Gasteiger partial charge is 0.467 e. The summed E-state index contributed by atoms with van der Waals surface area (Å²) in [6.45, 7) is 8.71. The Morgan fingerprint density at radius 2 is 1.88 bits per heavy atom. The zero-order valence-electron chi connectivity index (χ0n) is 20.1. The Morgan fingerprint density at radius 3 is 2.47 bits per heavy atom. The van der Waals surface area contributed by atoms with Gasteiger partial charge in [0.25, 0.3) is 11.5 Å². The summed E-state index contributed by atoms with van der Waals surface area (Å²) in [5.74, 6) is -0.0411. The van der Waals surface area contributed by atoms with E-state index < -0.39 is 17.2 Å². The first-order chi connectivity index (χ1) is 16.1. The SMILES string of the molecule is CCCCn1c(N)c(N(Cc2ccco2)C(=O)C=Cc2ccc(C(C)(C)C)cc2)c(=O)[nH]c1=O. The van der Waals surface area contributed by atoms with Crippen molar-refractivity contribution in [2.45, 2.75) is 59.0 Å². The first kappa shape index (κ1) is 24.8. The van der Waals surface area contributed by atoms with Gasteiger partial charge in [-0.25, -0.2) is 4.79 Å². The lowest BCUT2D eigenvalue weighted by Crippen LogP contribution is -2.40. The van der Waals surface area contributed by atoms with Gasteiger partial charge in [0, 0.05) is 12.6 Å². The van der Waals surface area contributed by atoms with Crippen molar-refractivity contribution in [1.82, 2.24) is 9.55 Å². The molecule has 0 unspecified atom stereocenters. The summed E-state index contributed by atoms with van der Waals surface area (Å²) in [6.07, 6.45) is 6.09. The molecule has 2 aromatic heterocycles. The number of carbonyl (C=O) groups is 1. The van der Waals surface area contributed by atoms with Crippen molar-refractivity contribution in [2.75, 3.05) is 10.6 Å². The molecule has 0 aliphatic rings. The second kappa shape index (κ2) is 10.4. The van der Waals surface area contributed by atoms with Crippen LogP contribution in [-0.4, -0.2) is 15.5 Å². The van der Waals surface area contributed by atoms with Crippen LogP contribution in [0.5, 0.6) is 0 Å². The number of anilines is 2. The van der Waals surface area contributed by atoms with E-state index in [9.17, 15) is 14.4 Å². The zero-order chi connectivity index (χ0) is 24.9. The summed E-state index contributed by atoms with van der Waals surface area (Å²) >= 11 is 0. The van der Waals surface area contributed by atoms with Crippen LogP contribution in [0.3, 0.4) is 0 Å². The molecule has 0 spiro atoms. The number of nitrogen functional groups attached to an aromatic ring is 1. The van der Waals surface area contributed by atoms with Crippen molar-refractivity contribution in [2.24, 2.45) is 0 Å². The smallest absolute Gasteiger partial charge is 0.330 e. The summed E-state index contributed by atoms with van der Waals surface area (Å²) in [4.78, 5) is 41.9. The Hall–Kier alpha value is -3.81. The minimum absolute atomic E-state index is 0.0155. The van der Waals surface area contributed by atoms with Crippen LogP contribution in [0, 0.1) is 0 Å². The van der Waals surface area contributed by atoms with Crippen molar-refractivity contribution in [3.63, 3.8) is 0 Å². The number of nitrogens with zero attached hydrogens (tertiary/aromatic N) is 2. The first-order valence-corrected chi connectivity index (χ1v) is 11.4. The van der Waals surface area contributed by atoms with Crippen LogP contribution in [0.2, 0.25) is 0 Å². The number of nitrogens with two attached hydrogens (primary N) is 1. The van der Waals surface area contributed by atoms with Gasteiger partial charge in [-0.3, -0.25) is 24.0 Å². The van der Waals surface area contributed by atoms with Gasteiger partial charge in [-0.2, -0.15) is 0 Å². The topological polar surface area (TPSA) is 114 Å². The number of nitrogens with one attached hydrogen (secondary N) is 1. The Morgan fingerprint density at radius 1 is 1.18 bits per heavy atom. The molecule has 3 aromatic rings. The molecule has 8 nitrogen and oxygen atoms in total. The quantitative estimate of drug-likeness (QED) is 0.488. The third-order valence-corrected chi connectivity index (χ3v) is 5.57. The fourth-order valence-electron chi connectivity index (χ4n) is 3.55. The van der Waals surface area contributed by atoms with E-state index in [1.807, 2.05) is 31.2 Å². The Kier molecular flexibility index (Phi) is 7.61. The van der Waals surface area contributed by atoms with Crippen LogP contribution in [0.4, 0.5) is 11.5 Å². The van der Waals surface area contributed by atoms with Gasteiger partial charge in [0.15, 0.2) is 5.69 Å². The van der Waals surface area contributed by atoms with Gasteiger partial charge >= 0.3 is 5.69 Å². The highest BCUT2D eigenvalue weighted by molar-refractivity contribution is 6.05. The van der Waals surface area contributed by atoms with Crippen LogP contribution in [0.15, 0.2) is 62.7 Å². The Bertz CT molecular complexity index is 1260. The summed E-state index contributed by atoms with van der Waals surface area (Å²) in [5, 5.41) is 0. The minimum Gasteiger partial charge on any atom is -0.467 e. The molecule has 8 heteroatoms. The Labute approximate surface area is 198 Å². The molecule has 34 heavy (non-hydrogen) atoms. The molecule has 0 bridgehead atoms. The lowest BCUT2D eigenvalue weighted by molar-refractivity contribution is -0.114. The molecule has 1 aromatic carbocycles. The molecular weight excluding hydrogens is 432 g/mol. The highest BCUT2D eigenvalue weighted by Gasteiger charge is 2.24. The van der Waals surface area contributed by atoms with E-state index in [4.69, 9.17) is 10.2 Å². The number of hydrogen-bond acceptors (Lipinski definition) is 5. The number of aromatic nitrogens is 2. The van der Waals surface area contributed by atoms with Gasteiger partial charge in [0.2, 0.25) is 0 Å². The molecule has 0 aliphatic carbocycles. The average Bonchev–Trinajstić information content (AvgIpc) is 3.29. The number of carbonyl (C=O) groups excluding carboxylic acids is 1. The van der Waals surface area contributed by atoms with Crippen molar-refractivity contribution < 1.29 is 9.21 Å². The zero-order valence-corrected chi connectivity index (χ0v) is 20.1. The van der Waals surface area contributed by atoms with E-state index in [0.717, 1.165) is 12.0 Å². The van der Waals surface area contributed by atoms with Crippen molar-refractivity contribution in [3.8, 4) is 0 Å². The van der Waals surface area contributed by atoms with Crippen LogP contribution in [0.1, 0.15) is 57.4 Å². The van der Waals surface area contributed by atoms with Gasteiger partial charge in [-0.05, 0) is 41.2 Å². The predicted octanol–water partition coefficient (Wildman–Crippen LogP) is 4.06. The molecule has 2 heterocycles. The number of H-pyrrole nitrogens is 1. The lowest BCUT2D eigenvalue weighted by atomic mass is 9.87.